The Morgan fingerprint density at radius 2 is 1.83 bits per heavy atom. The van der Waals surface area contributed by atoms with Crippen molar-refractivity contribution in [2.24, 2.45) is 11.8 Å². The minimum absolute atomic E-state index is 0.693. The molecule has 0 amide bonds. The maximum Gasteiger partial charge on any atom is 0.137 e. The fourth-order valence-corrected chi connectivity index (χ4v) is 2.77. The van der Waals surface area contributed by atoms with E-state index in [9.17, 15) is 0 Å². The molecule has 2 aliphatic rings. The van der Waals surface area contributed by atoms with Crippen molar-refractivity contribution in [3.05, 3.63) is 29.3 Å². The summed E-state index contributed by atoms with van der Waals surface area (Å²) in [6.45, 7) is 1.61. The molecule has 1 aromatic rings. The van der Waals surface area contributed by atoms with E-state index < -0.39 is 0 Å². The van der Waals surface area contributed by atoms with Gasteiger partial charge in [-0.25, -0.2) is 0 Å². The number of hydrogen-bond donors (Lipinski definition) is 1. The highest BCUT2D eigenvalue weighted by Gasteiger charge is 2.40. The van der Waals surface area contributed by atoms with Crippen LogP contribution in [0.5, 0.6) is 5.75 Å². The Balaban J connectivity index is 1.40. The Bertz CT molecular complexity index is 389. The van der Waals surface area contributed by atoms with Crippen LogP contribution in [0.2, 0.25) is 5.02 Å². The van der Waals surface area contributed by atoms with Crippen LogP contribution in [0.25, 0.3) is 0 Å². The summed E-state index contributed by atoms with van der Waals surface area (Å²) in [6, 6.07) is 8.40. The molecular weight excluding hydrogens is 246 g/mol. The quantitative estimate of drug-likeness (QED) is 0.762. The van der Waals surface area contributed by atoms with Crippen molar-refractivity contribution in [1.82, 2.24) is 5.32 Å². The molecule has 3 heteroatoms. The van der Waals surface area contributed by atoms with Crippen molar-refractivity contribution in [1.29, 1.82) is 0 Å². The minimum Gasteiger partial charge on any atom is -0.491 e. The van der Waals surface area contributed by atoms with Crippen LogP contribution in [0.3, 0.4) is 0 Å². The Labute approximate surface area is 114 Å². The molecular formula is C15H20ClNO. The van der Waals surface area contributed by atoms with Gasteiger partial charge in [-0.15, -0.1) is 0 Å². The normalized spacial score (nSPS) is 19.2. The Morgan fingerprint density at radius 1 is 1.17 bits per heavy atom. The zero-order valence-electron chi connectivity index (χ0n) is 10.6. The topological polar surface area (TPSA) is 21.3 Å². The smallest absolute Gasteiger partial charge is 0.137 e. The van der Waals surface area contributed by atoms with Gasteiger partial charge in [-0.1, -0.05) is 23.7 Å². The summed E-state index contributed by atoms with van der Waals surface area (Å²) in [7, 11) is 0. The lowest BCUT2D eigenvalue weighted by Gasteiger charge is -2.17. The van der Waals surface area contributed by atoms with Crippen molar-refractivity contribution in [3.63, 3.8) is 0 Å². The van der Waals surface area contributed by atoms with Crippen LogP contribution in [-0.2, 0) is 0 Å². The molecule has 0 spiro atoms. The monoisotopic (exact) mass is 265 g/mol. The van der Waals surface area contributed by atoms with Gasteiger partial charge in [0.15, 0.2) is 0 Å². The van der Waals surface area contributed by atoms with E-state index in [2.05, 4.69) is 5.32 Å². The van der Waals surface area contributed by atoms with E-state index in [1.54, 1.807) is 0 Å². The van der Waals surface area contributed by atoms with E-state index in [0.717, 1.165) is 30.2 Å². The lowest BCUT2D eigenvalue weighted by atomic mass is 10.1. The zero-order chi connectivity index (χ0) is 12.4. The van der Waals surface area contributed by atoms with E-state index in [1.165, 1.54) is 25.7 Å². The third-order valence-corrected chi connectivity index (χ3v) is 4.15. The predicted molar refractivity (Wildman–Crippen MR) is 74.2 cm³/mol. The van der Waals surface area contributed by atoms with Crippen LogP contribution in [0, 0.1) is 11.8 Å². The van der Waals surface area contributed by atoms with Gasteiger partial charge in [-0.2, -0.15) is 0 Å². The van der Waals surface area contributed by atoms with Crippen LogP contribution in [0.4, 0.5) is 0 Å². The molecule has 1 N–H and O–H groups in total. The molecule has 0 bridgehead atoms. The van der Waals surface area contributed by atoms with Crippen LogP contribution in [-0.4, -0.2) is 19.2 Å². The van der Waals surface area contributed by atoms with Gasteiger partial charge in [-0.3, -0.25) is 0 Å². The Hall–Kier alpha value is -0.730. The van der Waals surface area contributed by atoms with Gasteiger partial charge in [0.25, 0.3) is 0 Å². The molecule has 3 rings (SSSR count). The maximum absolute atomic E-state index is 6.04. The molecule has 0 aliphatic heterocycles. The van der Waals surface area contributed by atoms with Gasteiger partial charge in [0, 0.05) is 12.6 Å². The second-order valence-corrected chi connectivity index (χ2v) is 5.84. The fraction of sp³-hybridized carbons (Fsp3) is 0.600. The van der Waals surface area contributed by atoms with Crippen molar-refractivity contribution < 1.29 is 4.74 Å². The predicted octanol–water partition coefficient (Wildman–Crippen LogP) is 3.50. The molecule has 2 nitrogen and oxygen atoms in total. The Morgan fingerprint density at radius 3 is 2.44 bits per heavy atom. The van der Waals surface area contributed by atoms with Gasteiger partial charge < -0.3 is 10.1 Å². The van der Waals surface area contributed by atoms with Crippen LogP contribution in [0.1, 0.15) is 25.7 Å². The lowest BCUT2D eigenvalue weighted by molar-refractivity contribution is 0.294. The van der Waals surface area contributed by atoms with Gasteiger partial charge in [0.1, 0.15) is 12.4 Å². The molecule has 2 fully saturated rings. The van der Waals surface area contributed by atoms with Crippen molar-refractivity contribution in [2.45, 2.75) is 31.7 Å². The highest BCUT2D eigenvalue weighted by Crippen LogP contribution is 2.44. The molecule has 18 heavy (non-hydrogen) atoms. The largest absolute Gasteiger partial charge is 0.491 e. The van der Waals surface area contributed by atoms with Gasteiger partial charge in [0.2, 0.25) is 0 Å². The second-order valence-electron chi connectivity index (χ2n) is 5.43. The van der Waals surface area contributed by atoms with Crippen LogP contribution < -0.4 is 10.1 Å². The summed E-state index contributed by atoms with van der Waals surface area (Å²) in [5, 5.41) is 4.36. The number of ether oxygens (including phenoxy) is 1. The summed E-state index contributed by atoms with van der Waals surface area (Å²) in [5.74, 6) is 2.67. The second kappa shape index (κ2) is 5.50. The summed E-state index contributed by atoms with van der Waals surface area (Å²) in [5.41, 5.74) is 0. The minimum atomic E-state index is 0.693. The average molecular weight is 266 g/mol. The van der Waals surface area contributed by atoms with Crippen LogP contribution >= 0.6 is 11.6 Å². The number of rotatable bonds is 7. The first-order valence-corrected chi connectivity index (χ1v) is 7.33. The van der Waals surface area contributed by atoms with E-state index in [1.807, 2.05) is 24.3 Å². The number of para-hydroxylation sites is 1. The molecule has 2 aliphatic carbocycles. The number of halogens is 1. The summed E-state index contributed by atoms with van der Waals surface area (Å²) in [6.07, 6.45) is 5.66. The van der Waals surface area contributed by atoms with Gasteiger partial charge in [-0.05, 0) is 49.7 Å². The lowest BCUT2D eigenvalue weighted by Crippen LogP contribution is -2.36. The molecule has 0 heterocycles. The zero-order valence-corrected chi connectivity index (χ0v) is 11.3. The number of hydrogen-bond acceptors (Lipinski definition) is 2. The van der Waals surface area contributed by atoms with Crippen LogP contribution in [0.15, 0.2) is 24.3 Å². The first kappa shape index (κ1) is 12.3. The molecule has 0 saturated heterocycles. The Kier molecular flexibility index (Phi) is 3.76. The number of benzene rings is 1. The number of nitrogens with one attached hydrogen (secondary N) is 1. The third kappa shape index (κ3) is 3.18. The molecule has 0 radical (unpaired) electrons. The van der Waals surface area contributed by atoms with Crippen molar-refractivity contribution >= 4 is 11.6 Å². The van der Waals surface area contributed by atoms with Crippen molar-refractivity contribution in [3.8, 4) is 5.75 Å². The third-order valence-electron chi connectivity index (χ3n) is 3.84. The maximum atomic E-state index is 6.04. The van der Waals surface area contributed by atoms with E-state index in [4.69, 9.17) is 16.3 Å². The fourth-order valence-electron chi connectivity index (χ4n) is 2.58. The summed E-state index contributed by atoms with van der Waals surface area (Å²) < 4.78 is 5.69. The average Bonchev–Trinajstić information content (AvgIpc) is 3.25. The molecule has 98 valence electrons. The molecule has 1 aromatic carbocycles. The molecule has 0 unspecified atom stereocenters. The van der Waals surface area contributed by atoms with Gasteiger partial charge in [0.05, 0.1) is 5.02 Å². The molecule has 0 aromatic heterocycles. The van der Waals surface area contributed by atoms with E-state index in [0.29, 0.717) is 11.6 Å². The first-order valence-electron chi connectivity index (χ1n) is 6.95. The highest BCUT2D eigenvalue weighted by molar-refractivity contribution is 6.32. The molecule has 0 atom stereocenters. The first-order chi connectivity index (χ1) is 8.84. The highest BCUT2D eigenvalue weighted by atomic mass is 35.5. The summed E-state index contributed by atoms with van der Waals surface area (Å²) in [4.78, 5) is 0. The van der Waals surface area contributed by atoms with Crippen molar-refractivity contribution in [2.75, 3.05) is 13.2 Å². The summed E-state index contributed by atoms with van der Waals surface area (Å²) >= 11 is 6.04. The SMILES string of the molecule is Clc1ccccc1OCCNC(C1CC1)C1CC1. The van der Waals surface area contributed by atoms with Gasteiger partial charge >= 0.3 is 0 Å². The molecule has 2 saturated carbocycles. The standard InChI is InChI=1S/C15H20ClNO/c16-13-3-1-2-4-14(13)18-10-9-17-15(11-5-6-11)12-7-8-12/h1-4,11-12,15,17H,5-10H2. The van der Waals surface area contributed by atoms with E-state index >= 15 is 0 Å². The van der Waals surface area contributed by atoms with E-state index in [-0.39, 0.29) is 0 Å².